The number of anilines is 1. The van der Waals surface area contributed by atoms with Gasteiger partial charge in [0.25, 0.3) is 0 Å². The summed E-state index contributed by atoms with van der Waals surface area (Å²) in [6, 6.07) is 10.3. The summed E-state index contributed by atoms with van der Waals surface area (Å²) in [4.78, 5) is 26.9. The molecule has 0 bridgehead atoms. The third kappa shape index (κ3) is 2.56. The van der Waals surface area contributed by atoms with Crippen LogP contribution in [0.4, 0.5) is 18.9 Å². The number of benzene rings is 2. The molecule has 5 nitrogen and oxygen atoms in total. The van der Waals surface area contributed by atoms with E-state index in [9.17, 15) is 22.8 Å². The molecule has 2 aromatic rings. The molecular weight excluding hydrogens is 399 g/mol. The zero-order chi connectivity index (χ0) is 21.1. The number of carbonyl (C=O) groups is 2. The predicted molar refractivity (Wildman–Crippen MR) is 99.1 cm³/mol. The SMILES string of the molecule is O=C1OC2(OC(=O)C3C=CC=CC3N2c2ccc(C(F)(F)F)cc2)c2ccccc21. The predicted octanol–water partition coefficient (Wildman–Crippen LogP) is 4.16. The molecule has 2 aromatic carbocycles. The fourth-order valence-electron chi connectivity index (χ4n) is 4.09. The Hall–Kier alpha value is -3.55. The highest BCUT2D eigenvalue weighted by atomic mass is 19.4. The number of hydrogen-bond acceptors (Lipinski definition) is 5. The molecule has 2 aliphatic heterocycles. The first-order valence-electron chi connectivity index (χ1n) is 9.18. The zero-order valence-electron chi connectivity index (χ0n) is 15.3. The Morgan fingerprint density at radius 2 is 1.60 bits per heavy atom. The second-order valence-electron chi connectivity index (χ2n) is 7.14. The van der Waals surface area contributed by atoms with Crippen LogP contribution in [-0.4, -0.2) is 18.0 Å². The number of fused-ring (bicyclic) bond motifs is 3. The summed E-state index contributed by atoms with van der Waals surface area (Å²) in [5.41, 5.74) is 0.0596. The highest BCUT2D eigenvalue weighted by Gasteiger charge is 2.61. The minimum Gasteiger partial charge on any atom is -0.399 e. The molecule has 0 aromatic heterocycles. The smallest absolute Gasteiger partial charge is 0.399 e. The van der Waals surface area contributed by atoms with Crippen LogP contribution >= 0.6 is 0 Å². The maximum atomic E-state index is 13.1. The first-order chi connectivity index (χ1) is 14.3. The lowest BCUT2D eigenvalue weighted by molar-refractivity contribution is -0.226. The highest BCUT2D eigenvalue weighted by Crippen LogP contribution is 2.49. The lowest BCUT2D eigenvalue weighted by Crippen LogP contribution is -2.62. The van der Waals surface area contributed by atoms with Gasteiger partial charge in [-0.05, 0) is 36.4 Å². The third-order valence-electron chi connectivity index (χ3n) is 5.42. The topological polar surface area (TPSA) is 55.8 Å². The van der Waals surface area contributed by atoms with E-state index in [2.05, 4.69) is 0 Å². The summed E-state index contributed by atoms with van der Waals surface area (Å²) in [7, 11) is 0. The van der Waals surface area contributed by atoms with E-state index in [-0.39, 0.29) is 5.56 Å². The number of halogens is 3. The van der Waals surface area contributed by atoms with E-state index in [1.54, 1.807) is 53.5 Å². The number of esters is 2. The van der Waals surface area contributed by atoms with Crippen molar-refractivity contribution in [1.29, 1.82) is 0 Å². The number of allylic oxidation sites excluding steroid dienone is 2. The van der Waals surface area contributed by atoms with Crippen molar-refractivity contribution in [1.82, 2.24) is 0 Å². The number of rotatable bonds is 1. The summed E-state index contributed by atoms with van der Waals surface area (Å²) in [6.45, 7) is 0. The number of carbonyl (C=O) groups excluding carboxylic acids is 2. The minimum atomic E-state index is -4.49. The molecule has 1 saturated heterocycles. The molecule has 3 unspecified atom stereocenters. The molecule has 0 saturated carbocycles. The molecule has 152 valence electrons. The first kappa shape index (κ1) is 18.5. The maximum Gasteiger partial charge on any atom is 0.416 e. The maximum absolute atomic E-state index is 13.1. The monoisotopic (exact) mass is 413 g/mol. The van der Waals surface area contributed by atoms with Crippen LogP contribution in [0, 0.1) is 5.92 Å². The molecule has 1 aliphatic carbocycles. The molecule has 1 spiro atoms. The molecule has 5 rings (SSSR count). The van der Waals surface area contributed by atoms with Gasteiger partial charge in [0, 0.05) is 5.69 Å². The van der Waals surface area contributed by atoms with Gasteiger partial charge in [0.05, 0.1) is 28.7 Å². The standard InChI is InChI=1S/C22H14F3NO4/c23-21(24,25)13-9-11-14(12-10-13)26-18-8-4-2-6-16(18)20(28)30-22(26)17-7-3-1-5-15(17)19(27)29-22/h1-12,16,18H. The van der Waals surface area contributed by atoms with Crippen molar-refractivity contribution >= 4 is 17.6 Å². The number of nitrogens with zero attached hydrogens (tertiary/aromatic N) is 1. The van der Waals surface area contributed by atoms with Crippen LogP contribution in [0.3, 0.4) is 0 Å². The van der Waals surface area contributed by atoms with E-state index in [1.165, 1.54) is 12.1 Å². The van der Waals surface area contributed by atoms with E-state index in [1.807, 2.05) is 0 Å². The van der Waals surface area contributed by atoms with Gasteiger partial charge in [-0.2, -0.15) is 13.2 Å². The summed E-state index contributed by atoms with van der Waals surface area (Å²) >= 11 is 0. The number of alkyl halides is 3. The second kappa shape index (κ2) is 6.22. The lowest BCUT2D eigenvalue weighted by Gasteiger charge is -2.49. The van der Waals surface area contributed by atoms with Gasteiger partial charge in [-0.15, -0.1) is 0 Å². The van der Waals surface area contributed by atoms with Crippen molar-refractivity contribution in [2.75, 3.05) is 4.90 Å². The van der Waals surface area contributed by atoms with E-state index >= 15 is 0 Å². The molecule has 3 atom stereocenters. The zero-order valence-corrected chi connectivity index (χ0v) is 15.3. The Morgan fingerprint density at radius 3 is 2.33 bits per heavy atom. The van der Waals surface area contributed by atoms with Gasteiger partial charge in [-0.25, -0.2) is 4.79 Å². The Balaban J connectivity index is 1.70. The fourth-order valence-corrected chi connectivity index (χ4v) is 4.09. The lowest BCUT2D eigenvalue weighted by atomic mass is 9.89. The molecule has 30 heavy (non-hydrogen) atoms. The average molecular weight is 413 g/mol. The molecule has 1 fully saturated rings. The number of ether oxygens (including phenoxy) is 2. The van der Waals surface area contributed by atoms with E-state index < -0.39 is 41.5 Å². The van der Waals surface area contributed by atoms with Gasteiger partial charge in [0.1, 0.15) is 0 Å². The molecular formula is C22H14F3NO4. The molecule has 0 radical (unpaired) electrons. The first-order valence-corrected chi connectivity index (χ1v) is 9.18. The van der Waals surface area contributed by atoms with E-state index in [0.29, 0.717) is 11.3 Å². The van der Waals surface area contributed by atoms with Crippen LogP contribution in [0.5, 0.6) is 0 Å². The van der Waals surface area contributed by atoms with Crippen molar-refractivity contribution in [3.8, 4) is 0 Å². The molecule has 2 heterocycles. The highest BCUT2D eigenvalue weighted by molar-refractivity contribution is 5.96. The van der Waals surface area contributed by atoms with E-state index in [4.69, 9.17) is 9.47 Å². The Labute approximate surface area is 169 Å². The van der Waals surface area contributed by atoms with Gasteiger partial charge < -0.3 is 9.47 Å². The Kier molecular flexibility index (Phi) is 3.83. The van der Waals surface area contributed by atoms with Crippen molar-refractivity contribution in [2.45, 2.75) is 18.1 Å². The van der Waals surface area contributed by atoms with Crippen molar-refractivity contribution < 1.29 is 32.2 Å². The van der Waals surface area contributed by atoms with Crippen LogP contribution in [0.25, 0.3) is 0 Å². The Morgan fingerprint density at radius 1 is 0.900 bits per heavy atom. The van der Waals surface area contributed by atoms with Crippen LogP contribution in [0.1, 0.15) is 21.5 Å². The largest absolute Gasteiger partial charge is 0.416 e. The van der Waals surface area contributed by atoms with E-state index in [0.717, 1.165) is 12.1 Å². The van der Waals surface area contributed by atoms with Gasteiger partial charge in [-0.3, -0.25) is 9.69 Å². The van der Waals surface area contributed by atoms with Gasteiger partial charge in [0.15, 0.2) is 0 Å². The summed E-state index contributed by atoms with van der Waals surface area (Å²) in [5, 5.41) is 0. The van der Waals surface area contributed by atoms with Crippen LogP contribution in [0.2, 0.25) is 0 Å². The average Bonchev–Trinajstić information content (AvgIpc) is 3.00. The minimum absolute atomic E-state index is 0.232. The molecule has 3 aliphatic rings. The van der Waals surface area contributed by atoms with Gasteiger partial charge >= 0.3 is 24.0 Å². The van der Waals surface area contributed by atoms with Crippen molar-refractivity contribution in [2.24, 2.45) is 5.92 Å². The number of hydrogen-bond donors (Lipinski definition) is 0. The van der Waals surface area contributed by atoms with Crippen molar-refractivity contribution in [3.05, 3.63) is 89.5 Å². The summed E-state index contributed by atoms with van der Waals surface area (Å²) in [6.07, 6.45) is 2.32. The molecule has 0 amide bonds. The van der Waals surface area contributed by atoms with Gasteiger partial charge in [0.2, 0.25) is 0 Å². The summed E-state index contributed by atoms with van der Waals surface area (Å²) < 4.78 is 50.5. The molecule has 8 heteroatoms. The van der Waals surface area contributed by atoms with Crippen LogP contribution in [0.15, 0.2) is 72.8 Å². The quantitative estimate of drug-likeness (QED) is 0.658. The van der Waals surface area contributed by atoms with Gasteiger partial charge in [-0.1, -0.05) is 36.4 Å². The molecule has 0 N–H and O–H groups in total. The summed E-state index contributed by atoms with van der Waals surface area (Å²) in [5.74, 6) is -3.87. The second-order valence-corrected chi connectivity index (χ2v) is 7.14. The Bertz CT molecular complexity index is 1110. The fraction of sp³-hybridized carbons (Fsp3) is 0.182. The third-order valence-corrected chi connectivity index (χ3v) is 5.42. The van der Waals surface area contributed by atoms with Crippen LogP contribution in [-0.2, 0) is 26.4 Å². The van der Waals surface area contributed by atoms with Crippen LogP contribution < -0.4 is 4.90 Å². The normalized spacial score (nSPS) is 27.0. The van der Waals surface area contributed by atoms with Crippen molar-refractivity contribution in [3.63, 3.8) is 0 Å².